The van der Waals surface area contributed by atoms with Gasteiger partial charge in [0.25, 0.3) is 0 Å². The van der Waals surface area contributed by atoms with Crippen LogP contribution in [0.25, 0.3) is 11.1 Å². The van der Waals surface area contributed by atoms with E-state index in [0.717, 1.165) is 29.4 Å². The quantitative estimate of drug-likeness (QED) is 0.0964. The Morgan fingerprint density at radius 3 is 1.59 bits per heavy atom. The maximum atomic E-state index is 12.6. The maximum absolute atomic E-state index is 12.6. The van der Waals surface area contributed by atoms with E-state index in [4.69, 9.17) is 29.0 Å². The Kier molecular flexibility index (Phi) is 14.5. The van der Waals surface area contributed by atoms with Crippen molar-refractivity contribution in [2.24, 2.45) is 11.8 Å². The molecule has 254 valence electrons. The lowest BCUT2D eigenvalue weighted by Gasteiger charge is -2.28. The third-order valence-electron chi connectivity index (χ3n) is 8.91. The van der Waals surface area contributed by atoms with Gasteiger partial charge in [0.15, 0.2) is 18.5 Å². The number of hydrogen-bond donors (Lipinski definition) is 0. The molecule has 2 fully saturated rings. The molecule has 0 radical (unpaired) electrons. The van der Waals surface area contributed by atoms with Crippen molar-refractivity contribution < 1.29 is 38.6 Å². The summed E-state index contributed by atoms with van der Waals surface area (Å²) in [6, 6.07) is 16.4. The number of aryl methyl sites for hydroxylation is 1. The van der Waals surface area contributed by atoms with Crippen LogP contribution in [-0.2, 0) is 45.0 Å². The van der Waals surface area contributed by atoms with E-state index < -0.39 is 30.4 Å². The van der Waals surface area contributed by atoms with Crippen molar-refractivity contribution >= 4 is 11.9 Å². The fraction of sp³-hybridized carbons (Fsp3) is 0.632. The summed E-state index contributed by atoms with van der Waals surface area (Å²) in [5.41, 5.74) is 4.17. The van der Waals surface area contributed by atoms with Crippen LogP contribution in [-0.4, -0.2) is 36.4 Å². The van der Waals surface area contributed by atoms with Crippen molar-refractivity contribution in [3.8, 4) is 11.1 Å². The van der Waals surface area contributed by atoms with Crippen molar-refractivity contribution in [2.45, 2.75) is 142 Å². The lowest BCUT2D eigenvalue weighted by atomic mass is 9.78. The zero-order valence-corrected chi connectivity index (χ0v) is 28.4. The van der Waals surface area contributed by atoms with E-state index in [1.54, 1.807) is 27.7 Å². The zero-order valence-electron chi connectivity index (χ0n) is 28.4. The van der Waals surface area contributed by atoms with Crippen LogP contribution in [0.1, 0.15) is 123 Å². The average Bonchev–Trinajstić information content (AvgIpc) is 3.51. The number of unbranched alkanes of at least 4 members (excludes halogenated alkanes) is 3. The molecule has 4 rings (SSSR count). The number of benzene rings is 2. The van der Waals surface area contributed by atoms with Crippen molar-refractivity contribution in [3.63, 3.8) is 0 Å². The number of carbonyl (C=O) groups is 2. The van der Waals surface area contributed by atoms with Crippen LogP contribution < -0.4 is 0 Å². The Morgan fingerprint density at radius 1 is 0.674 bits per heavy atom. The summed E-state index contributed by atoms with van der Waals surface area (Å²) in [5.74, 6) is 0.146. The molecule has 8 nitrogen and oxygen atoms in total. The van der Waals surface area contributed by atoms with Gasteiger partial charge in [0.2, 0.25) is 0 Å². The molecule has 0 amide bonds. The summed E-state index contributed by atoms with van der Waals surface area (Å²) < 4.78 is 11.6. The maximum Gasteiger partial charge on any atom is 0.374 e. The molecule has 2 atom stereocenters. The Morgan fingerprint density at radius 2 is 1.13 bits per heavy atom. The monoisotopic (exact) mass is 638 g/mol. The number of hydrogen-bond acceptors (Lipinski definition) is 8. The molecule has 2 aromatic carbocycles. The third kappa shape index (κ3) is 11.2. The highest BCUT2D eigenvalue weighted by Crippen LogP contribution is 2.36. The van der Waals surface area contributed by atoms with Crippen LogP contribution in [0.2, 0.25) is 0 Å². The second kappa shape index (κ2) is 18.5. The SMILES string of the molecule is CCCCC[C@H]1CC[C@H](CCCCc2ccc(-c3ccc(C4O[C@@H](C(=O)OOC(C)C)[C@H](C(=O)OOC(C)C)O4)cc3)cc2)CC1. The topological polar surface area (TPSA) is 89.5 Å². The molecule has 2 aromatic rings. The van der Waals surface area contributed by atoms with Crippen LogP contribution in [0.3, 0.4) is 0 Å². The number of carbonyl (C=O) groups excluding carboxylic acids is 2. The van der Waals surface area contributed by atoms with Gasteiger partial charge in [-0.05, 0) is 69.1 Å². The fourth-order valence-electron chi connectivity index (χ4n) is 6.29. The summed E-state index contributed by atoms with van der Waals surface area (Å²) in [6.45, 7) is 9.13. The minimum absolute atomic E-state index is 0.363. The van der Waals surface area contributed by atoms with Crippen LogP contribution >= 0.6 is 0 Å². The van der Waals surface area contributed by atoms with Gasteiger partial charge >= 0.3 is 11.9 Å². The van der Waals surface area contributed by atoms with Gasteiger partial charge in [-0.15, -0.1) is 0 Å². The van der Waals surface area contributed by atoms with Gasteiger partial charge < -0.3 is 9.47 Å². The first-order chi connectivity index (χ1) is 22.2. The summed E-state index contributed by atoms with van der Waals surface area (Å²) in [7, 11) is 0. The van der Waals surface area contributed by atoms with E-state index >= 15 is 0 Å². The first kappa shape index (κ1) is 36.1. The molecule has 8 heteroatoms. The lowest BCUT2D eigenvalue weighted by molar-refractivity contribution is -0.303. The second-order valence-electron chi connectivity index (χ2n) is 13.5. The molecule has 0 bridgehead atoms. The van der Waals surface area contributed by atoms with Gasteiger partial charge in [-0.25, -0.2) is 9.59 Å². The Hall–Kier alpha value is -2.78. The molecule has 1 aliphatic heterocycles. The fourth-order valence-corrected chi connectivity index (χ4v) is 6.29. The molecule has 0 aromatic heterocycles. The molecule has 1 heterocycles. The molecule has 0 N–H and O–H groups in total. The molecule has 1 saturated heterocycles. The van der Waals surface area contributed by atoms with Crippen LogP contribution in [0, 0.1) is 11.8 Å². The minimum atomic E-state index is -1.38. The van der Waals surface area contributed by atoms with Gasteiger partial charge in [-0.1, -0.05) is 120 Å². The summed E-state index contributed by atoms with van der Waals surface area (Å²) in [6.07, 6.45) is 11.9. The Labute approximate surface area is 275 Å². The van der Waals surface area contributed by atoms with E-state index in [9.17, 15) is 9.59 Å². The second-order valence-corrected chi connectivity index (χ2v) is 13.5. The predicted octanol–water partition coefficient (Wildman–Crippen LogP) is 9.00. The highest BCUT2D eigenvalue weighted by molar-refractivity contribution is 5.85. The molecule has 1 aliphatic carbocycles. The molecule has 0 unspecified atom stereocenters. The van der Waals surface area contributed by atoms with E-state index in [-0.39, 0.29) is 12.2 Å². The number of rotatable bonds is 17. The van der Waals surface area contributed by atoms with Gasteiger partial charge in [-0.2, -0.15) is 9.78 Å². The first-order valence-electron chi connectivity index (χ1n) is 17.5. The van der Waals surface area contributed by atoms with Gasteiger partial charge in [-0.3, -0.25) is 9.78 Å². The summed E-state index contributed by atoms with van der Waals surface area (Å²) in [5, 5.41) is 0. The van der Waals surface area contributed by atoms with E-state index in [0.29, 0.717) is 5.56 Å². The molecule has 0 spiro atoms. The van der Waals surface area contributed by atoms with Crippen LogP contribution in [0.5, 0.6) is 0 Å². The van der Waals surface area contributed by atoms with Crippen LogP contribution in [0.15, 0.2) is 48.5 Å². The summed E-state index contributed by atoms with van der Waals surface area (Å²) in [4.78, 5) is 44.9. The predicted molar refractivity (Wildman–Crippen MR) is 176 cm³/mol. The molecule has 1 saturated carbocycles. The molecule has 2 aliphatic rings. The van der Waals surface area contributed by atoms with Crippen molar-refractivity contribution in [1.82, 2.24) is 0 Å². The normalized spacial score (nSPS) is 22.0. The van der Waals surface area contributed by atoms with Crippen molar-refractivity contribution in [2.75, 3.05) is 0 Å². The van der Waals surface area contributed by atoms with E-state index in [2.05, 4.69) is 31.2 Å². The molecule has 46 heavy (non-hydrogen) atoms. The molecular formula is C38H54O8. The summed E-state index contributed by atoms with van der Waals surface area (Å²) >= 11 is 0. The first-order valence-corrected chi connectivity index (χ1v) is 17.5. The third-order valence-corrected chi connectivity index (χ3v) is 8.91. The smallest absolute Gasteiger partial charge is 0.330 e. The van der Waals surface area contributed by atoms with Gasteiger partial charge in [0.05, 0.1) is 12.2 Å². The van der Waals surface area contributed by atoms with Crippen molar-refractivity contribution in [1.29, 1.82) is 0 Å². The van der Waals surface area contributed by atoms with E-state index in [1.165, 1.54) is 76.2 Å². The van der Waals surface area contributed by atoms with Gasteiger partial charge in [0.1, 0.15) is 0 Å². The standard InChI is InChI=1S/C38H54O8/c1-6-7-8-11-28-14-16-29(17-15-28)12-9-10-13-30-18-20-31(21-19-30)32-22-24-33(25-23-32)38-41-34(36(39)45-43-26(2)3)35(42-38)37(40)46-44-27(4)5/h18-29,34-35,38H,6-17H2,1-5H3/t28-,29-,34-,35-/m1/s1. The minimum Gasteiger partial charge on any atom is -0.330 e. The Bertz CT molecular complexity index is 1150. The molecular weight excluding hydrogens is 584 g/mol. The number of ether oxygens (including phenoxy) is 2. The van der Waals surface area contributed by atoms with E-state index in [1.807, 2.05) is 24.3 Å². The largest absolute Gasteiger partial charge is 0.374 e. The Balaban J connectivity index is 1.25. The zero-order chi connectivity index (χ0) is 32.9. The van der Waals surface area contributed by atoms with Crippen LogP contribution in [0.4, 0.5) is 0 Å². The lowest BCUT2D eigenvalue weighted by Crippen LogP contribution is -2.40. The van der Waals surface area contributed by atoms with Crippen molar-refractivity contribution in [3.05, 3.63) is 59.7 Å². The highest BCUT2D eigenvalue weighted by Gasteiger charge is 2.49. The average molecular weight is 639 g/mol. The van der Waals surface area contributed by atoms with Gasteiger partial charge in [0, 0.05) is 5.56 Å². The highest BCUT2D eigenvalue weighted by atomic mass is 17.2.